The minimum atomic E-state index is -3.43. The number of β-lactam (4-membered cyclic amide) rings is 1. The van der Waals surface area contributed by atoms with Gasteiger partial charge in [0, 0.05) is 7.05 Å². The summed E-state index contributed by atoms with van der Waals surface area (Å²) in [6.45, 7) is 0. The van der Waals surface area contributed by atoms with E-state index in [1.165, 1.54) is 11.9 Å². The van der Waals surface area contributed by atoms with Crippen LogP contribution in [0.15, 0.2) is 0 Å². The highest BCUT2D eigenvalue weighted by Crippen LogP contribution is 2.18. The smallest absolute Gasteiger partial charge is 0.266 e. The molecule has 0 aromatic heterocycles. The zero-order valence-electron chi connectivity index (χ0n) is 6.27. The Morgan fingerprint density at radius 1 is 1.64 bits per heavy atom. The van der Waals surface area contributed by atoms with Crippen LogP contribution >= 0.6 is 0 Å². The summed E-state index contributed by atoms with van der Waals surface area (Å²) in [5.74, 6) is -0.0985. The van der Waals surface area contributed by atoms with Crippen LogP contribution in [0.5, 0.6) is 0 Å². The van der Waals surface area contributed by atoms with Crippen LogP contribution in [-0.2, 0) is 19.1 Å². The maximum atomic E-state index is 10.6. The number of nitrogens with zero attached hydrogens (tertiary/aromatic N) is 1. The fraction of sp³-hybridized carbons (Fsp3) is 0.800. The number of rotatable bonds is 2. The fourth-order valence-corrected chi connectivity index (χ4v) is 1.38. The molecule has 64 valence electrons. The topological polar surface area (TPSA) is 63.7 Å². The van der Waals surface area contributed by atoms with Gasteiger partial charge in [0.2, 0.25) is 5.91 Å². The van der Waals surface area contributed by atoms with Crippen molar-refractivity contribution in [1.29, 1.82) is 0 Å². The molecule has 0 aliphatic carbocycles. The third-order valence-electron chi connectivity index (χ3n) is 1.46. The van der Waals surface area contributed by atoms with Crippen molar-refractivity contribution in [3.8, 4) is 0 Å². The number of hydrogen-bond donors (Lipinski definition) is 0. The van der Waals surface area contributed by atoms with Gasteiger partial charge in [-0.1, -0.05) is 0 Å². The van der Waals surface area contributed by atoms with Gasteiger partial charge >= 0.3 is 0 Å². The Kier molecular flexibility index (Phi) is 1.89. The van der Waals surface area contributed by atoms with E-state index in [1.54, 1.807) is 0 Å². The Bertz CT molecular complexity index is 270. The van der Waals surface area contributed by atoms with Crippen LogP contribution in [-0.4, -0.2) is 38.8 Å². The minimum absolute atomic E-state index is 0.0985. The Balaban J connectivity index is 2.49. The molecule has 11 heavy (non-hydrogen) atoms. The molecule has 1 aliphatic rings. The van der Waals surface area contributed by atoms with E-state index in [-0.39, 0.29) is 12.3 Å². The van der Waals surface area contributed by atoms with E-state index >= 15 is 0 Å². The van der Waals surface area contributed by atoms with Gasteiger partial charge in [-0.05, 0) is 0 Å². The molecule has 1 fully saturated rings. The van der Waals surface area contributed by atoms with Gasteiger partial charge in [0.25, 0.3) is 10.1 Å². The molecule has 0 radical (unpaired) electrons. The molecule has 1 aliphatic heterocycles. The molecule has 0 aromatic carbocycles. The SMILES string of the molecule is CN1C(=O)C[C@@H]1OS(C)(=O)=O. The van der Waals surface area contributed by atoms with Gasteiger partial charge in [-0.25, -0.2) is 4.18 Å². The van der Waals surface area contributed by atoms with Crippen LogP contribution in [0.25, 0.3) is 0 Å². The monoisotopic (exact) mass is 179 g/mol. The molecule has 0 bridgehead atoms. The number of hydrogen-bond acceptors (Lipinski definition) is 4. The quantitative estimate of drug-likeness (QED) is 0.409. The Morgan fingerprint density at radius 3 is 2.45 bits per heavy atom. The van der Waals surface area contributed by atoms with Crippen LogP contribution < -0.4 is 0 Å². The standard InChI is InChI=1S/C5H9NO4S/c1-6-4(7)3-5(6)10-11(2,8)9/h5H,3H2,1-2H3/t5-/m0/s1. The lowest BCUT2D eigenvalue weighted by molar-refractivity contribution is -0.156. The van der Waals surface area contributed by atoms with Crippen LogP contribution in [0.2, 0.25) is 0 Å². The maximum absolute atomic E-state index is 10.6. The molecule has 0 N–H and O–H groups in total. The lowest BCUT2D eigenvalue weighted by Gasteiger charge is -2.35. The first-order chi connectivity index (χ1) is 4.90. The molecule has 6 heteroatoms. The summed E-state index contributed by atoms with van der Waals surface area (Å²) in [7, 11) is -1.93. The Labute approximate surface area is 65.1 Å². The second-order valence-electron chi connectivity index (χ2n) is 2.46. The molecule has 0 saturated carbocycles. The molecule has 0 spiro atoms. The first-order valence-corrected chi connectivity index (χ1v) is 4.86. The van der Waals surface area contributed by atoms with Gasteiger partial charge in [0.05, 0.1) is 12.7 Å². The molecular formula is C5H9NO4S. The fourth-order valence-electron chi connectivity index (χ4n) is 0.779. The van der Waals surface area contributed by atoms with Gasteiger partial charge in [-0.2, -0.15) is 8.42 Å². The summed E-state index contributed by atoms with van der Waals surface area (Å²) in [6.07, 6.45) is 0.533. The summed E-state index contributed by atoms with van der Waals surface area (Å²) in [4.78, 5) is 11.8. The lowest BCUT2D eigenvalue weighted by atomic mass is 10.2. The molecule has 1 heterocycles. The molecular weight excluding hydrogens is 170 g/mol. The Morgan fingerprint density at radius 2 is 2.18 bits per heavy atom. The van der Waals surface area contributed by atoms with E-state index in [0.29, 0.717) is 0 Å². The van der Waals surface area contributed by atoms with Crippen molar-refractivity contribution in [3.05, 3.63) is 0 Å². The van der Waals surface area contributed by atoms with Gasteiger partial charge in [0.1, 0.15) is 0 Å². The van der Waals surface area contributed by atoms with E-state index in [9.17, 15) is 13.2 Å². The van der Waals surface area contributed by atoms with Crippen molar-refractivity contribution in [3.63, 3.8) is 0 Å². The number of carbonyl (C=O) groups is 1. The zero-order chi connectivity index (χ0) is 8.65. The van der Waals surface area contributed by atoms with E-state index in [0.717, 1.165) is 6.26 Å². The minimum Gasteiger partial charge on any atom is -0.318 e. The highest BCUT2D eigenvalue weighted by molar-refractivity contribution is 7.86. The van der Waals surface area contributed by atoms with E-state index in [1.807, 2.05) is 0 Å². The van der Waals surface area contributed by atoms with Crippen molar-refractivity contribution in [2.45, 2.75) is 12.6 Å². The molecule has 0 unspecified atom stereocenters. The number of likely N-dealkylation sites (tertiary alicyclic amines) is 1. The van der Waals surface area contributed by atoms with Gasteiger partial charge in [0.15, 0.2) is 6.23 Å². The second kappa shape index (κ2) is 2.46. The zero-order valence-corrected chi connectivity index (χ0v) is 7.09. The highest BCUT2D eigenvalue weighted by atomic mass is 32.2. The third kappa shape index (κ3) is 1.90. The van der Waals surface area contributed by atoms with E-state index in [4.69, 9.17) is 0 Å². The highest BCUT2D eigenvalue weighted by Gasteiger charge is 2.35. The van der Waals surface area contributed by atoms with Gasteiger partial charge < -0.3 is 4.90 Å². The predicted molar refractivity (Wildman–Crippen MR) is 37.1 cm³/mol. The van der Waals surface area contributed by atoms with Crippen LogP contribution in [0, 0.1) is 0 Å². The third-order valence-corrected chi connectivity index (χ3v) is 2.03. The van der Waals surface area contributed by atoms with Crippen molar-refractivity contribution in [1.82, 2.24) is 4.90 Å². The molecule has 0 aromatic rings. The molecule has 1 saturated heterocycles. The summed E-state index contributed by atoms with van der Waals surface area (Å²) >= 11 is 0. The Hall–Kier alpha value is -0.620. The first kappa shape index (κ1) is 8.48. The summed E-state index contributed by atoms with van der Waals surface area (Å²) in [6, 6.07) is 0. The summed E-state index contributed by atoms with van der Waals surface area (Å²) in [5.41, 5.74) is 0. The first-order valence-electron chi connectivity index (χ1n) is 3.04. The molecule has 1 amide bonds. The van der Waals surface area contributed by atoms with Gasteiger partial charge in [-0.15, -0.1) is 0 Å². The van der Waals surface area contributed by atoms with Gasteiger partial charge in [-0.3, -0.25) is 4.79 Å². The van der Waals surface area contributed by atoms with E-state index in [2.05, 4.69) is 4.18 Å². The summed E-state index contributed by atoms with van der Waals surface area (Å²) < 4.78 is 25.6. The van der Waals surface area contributed by atoms with Crippen LogP contribution in [0.1, 0.15) is 6.42 Å². The lowest BCUT2D eigenvalue weighted by Crippen LogP contribution is -2.51. The number of carbonyl (C=O) groups excluding carboxylic acids is 1. The number of amides is 1. The van der Waals surface area contributed by atoms with Crippen molar-refractivity contribution in [2.75, 3.05) is 13.3 Å². The molecule has 1 rings (SSSR count). The maximum Gasteiger partial charge on any atom is 0.266 e. The average molecular weight is 179 g/mol. The van der Waals surface area contributed by atoms with Crippen molar-refractivity contribution >= 4 is 16.0 Å². The average Bonchev–Trinajstić information content (AvgIpc) is 1.84. The van der Waals surface area contributed by atoms with Crippen molar-refractivity contribution < 1.29 is 17.4 Å². The van der Waals surface area contributed by atoms with Crippen LogP contribution in [0.3, 0.4) is 0 Å². The largest absolute Gasteiger partial charge is 0.318 e. The van der Waals surface area contributed by atoms with Crippen LogP contribution in [0.4, 0.5) is 0 Å². The van der Waals surface area contributed by atoms with E-state index < -0.39 is 16.3 Å². The predicted octanol–water partition coefficient (Wildman–Crippen LogP) is -0.849. The summed E-state index contributed by atoms with van der Waals surface area (Å²) in [5, 5.41) is 0. The van der Waals surface area contributed by atoms with Crippen molar-refractivity contribution in [2.24, 2.45) is 0 Å². The second-order valence-corrected chi connectivity index (χ2v) is 4.06. The molecule has 1 atom stereocenters. The molecule has 5 nitrogen and oxygen atoms in total. The normalized spacial score (nSPS) is 25.1.